The predicted octanol–water partition coefficient (Wildman–Crippen LogP) is 2.95. The second-order valence-electron chi connectivity index (χ2n) is 6.53. The molecule has 0 spiro atoms. The molecule has 8 heteroatoms. The van der Waals surface area contributed by atoms with Crippen LogP contribution in [0.15, 0.2) is 60.8 Å². The van der Waals surface area contributed by atoms with Crippen molar-refractivity contribution in [3.05, 3.63) is 76.9 Å². The van der Waals surface area contributed by atoms with E-state index in [2.05, 4.69) is 15.7 Å². The molecule has 28 heavy (non-hydrogen) atoms. The Morgan fingerprint density at radius 3 is 2.43 bits per heavy atom. The van der Waals surface area contributed by atoms with Crippen molar-refractivity contribution in [3.63, 3.8) is 0 Å². The minimum Gasteiger partial charge on any atom is -0.367 e. The maximum absolute atomic E-state index is 12.7. The van der Waals surface area contributed by atoms with E-state index in [1.807, 2.05) is 19.3 Å². The summed E-state index contributed by atoms with van der Waals surface area (Å²) in [5, 5.41) is 10.5. The van der Waals surface area contributed by atoms with Gasteiger partial charge in [0.1, 0.15) is 5.54 Å². The van der Waals surface area contributed by atoms with Crippen LogP contribution in [0.4, 0.5) is 11.5 Å². The van der Waals surface area contributed by atoms with Gasteiger partial charge in [-0.15, -0.1) is 0 Å². The van der Waals surface area contributed by atoms with Gasteiger partial charge in [0.25, 0.3) is 5.91 Å². The van der Waals surface area contributed by atoms with Crippen LogP contribution in [0.5, 0.6) is 0 Å². The molecule has 2 amide bonds. The quantitative estimate of drug-likeness (QED) is 0.595. The Hall–Kier alpha value is -3.32. The number of rotatable bonds is 6. The van der Waals surface area contributed by atoms with Crippen molar-refractivity contribution >= 4 is 34.9 Å². The fourth-order valence-corrected chi connectivity index (χ4v) is 2.90. The minimum atomic E-state index is -1.40. The van der Waals surface area contributed by atoms with Gasteiger partial charge in [-0.3, -0.25) is 14.3 Å². The van der Waals surface area contributed by atoms with Crippen LogP contribution < -0.4 is 16.4 Å². The summed E-state index contributed by atoms with van der Waals surface area (Å²) in [5.74, 6) is -0.413. The van der Waals surface area contributed by atoms with Crippen LogP contribution in [0.2, 0.25) is 5.02 Å². The summed E-state index contributed by atoms with van der Waals surface area (Å²) in [6, 6.07) is 15.3. The zero-order valence-electron chi connectivity index (χ0n) is 15.4. The molecule has 0 radical (unpaired) electrons. The second kappa shape index (κ2) is 7.74. The number of anilines is 2. The van der Waals surface area contributed by atoms with Gasteiger partial charge in [-0.05, 0) is 48.9 Å². The van der Waals surface area contributed by atoms with Crippen LogP contribution in [0.25, 0.3) is 0 Å². The van der Waals surface area contributed by atoms with E-state index in [1.54, 1.807) is 60.1 Å². The summed E-state index contributed by atoms with van der Waals surface area (Å²) in [6.07, 6.45) is 1.82. The summed E-state index contributed by atoms with van der Waals surface area (Å²) in [5.41, 5.74) is 5.86. The summed E-state index contributed by atoms with van der Waals surface area (Å²) in [4.78, 5) is 24.8. The number of nitrogens with two attached hydrogens (primary N) is 1. The zero-order chi connectivity index (χ0) is 20.3. The van der Waals surface area contributed by atoms with Crippen LogP contribution in [0.3, 0.4) is 0 Å². The first-order chi connectivity index (χ1) is 13.3. The molecular weight excluding hydrogens is 378 g/mol. The maximum atomic E-state index is 12.7. The van der Waals surface area contributed by atoms with Crippen molar-refractivity contribution in [1.82, 2.24) is 15.1 Å². The number of carbonyl (C=O) groups excluding carboxylic acids is 2. The Kier molecular flexibility index (Phi) is 5.37. The van der Waals surface area contributed by atoms with E-state index in [0.29, 0.717) is 22.0 Å². The first kappa shape index (κ1) is 19.4. The number of nitrogens with one attached hydrogen (secondary N) is 2. The maximum Gasteiger partial charge on any atom is 0.252 e. The van der Waals surface area contributed by atoms with Crippen LogP contribution >= 0.6 is 11.6 Å². The van der Waals surface area contributed by atoms with E-state index in [1.165, 1.54) is 0 Å². The monoisotopic (exact) mass is 397 g/mol. The molecule has 7 nitrogen and oxygen atoms in total. The van der Waals surface area contributed by atoms with Gasteiger partial charge in [-0.2, -0.15) is 5.10 Å². The minimum absolute atomic E-state index is 0.390. The third-order valence-electron chi connectivity index (χ3n) is 4.39. The molecule has 1 unspecified atom stereocenters. The predicted molar refractivity (Wildman–Crippen MR) is 108 cm³/mol. The second-order valence-corrected chi connectivity index (χ2v) is 6.97. The summed E-state index contributed by atoms with van der Waals surface area (Å²) < 4.78 is 1.69. The Bertz CT molecular complexity index is 1020. The van der Waals surface area contributed by atoms with Gasteiger partial charge in [-0.1, -0.05) is 23.7 Å². The van der Waals surface area contributed by atoms with Gasteiger partial charge in [0.2, 0.25) is 5.91 Å². The van der Waals surface area contributed by atoms with Gasteiger partial charge >= 0.3 is 0 Å². The molecule has 0 saturated carbocycles. The zero-order valence-corrected chi connectivity index (χ0v) is 16.2. The summed E-state index contributed by atoms with van der Waals surface area (Å²) in [6.45, 7) is 1.55. The normalized spacial score (nSPS) is 12.8. The molecule has 0 aliphatic rings. The van der Waals surface area contributed by atoms with Crippen molar-refractivity contribution < 1.29 is 9.59 Å². The molecule has 0 aliphatic carbocycles. The number of primary amides is 1. The Balaban J connectivity index is 1.77. The molecule has 2 aromatic carbocycles. The molecule has 0 aliphatic heterocycles. The van der Waals surface area contributed by atoms with Gasteiger partial charge in [-0.25, -0.2) is 0 Å². The number of halogens is 1. The lowest BCUT2D eigenvalue weighted by atomic mass is 9.90. The largest absolute Gasteiger partial charge is 0.367 e. The topological polar surface area (TPSA) is 102 Å². The number of hydrogen-bond donors (Lipinski definition) is 3. The molecule has 1 atom stereocenters. The highest BCUT2D eigenvalue weighted by molar-refractivity contribution is 6.30. The van der Waals surface area contributed by atoms with E-state index in [9.17, 15) is 9.59 Å². The third kappa shape index (κ3) is 4.15. The fraction of sp³-hybridized carbons (Fsp3) is 0.150. The Labute approximate surface area is 167 Å². The van der Waals surface area contributed by atoms with Crippen molar-refractivity contribution in [2.45, 2.75) is 12.5 Å². The van der Waals surface area contributed by atoms with Gasteiger partial charge < -0.3 is 16.4 Å². The Morgan fingerprint density at radius 1 is 1.14 bits per heavy atom. The lowest BCUT2D eigenvalue weighted by molar-refractivity contribution is -0.123. The van der Waals surface area contributed by atoms with Crippen LogP contribution in [-0.2, 0) is 17.4 Å². The van der Waals surface area contributed by atoms with E-state index in [4.69, 9.17) is 17.3 Å². The number of aryl methyl sites for hydroxylation is 1. The van der Waals surface area contributed by atoms with E-state index >= 15 is 0 Å². The highest BCUT2D eigenvalue weighted by Gasteiger charge is 2.35. The smallest absolute Gasteiger partial charge is 0.252 e. The lowest BCUT2D eigenvalue weighted by Gasteiger charge is -2.28. The average molecular weight is 398 g/mol. The number of nitrogens with zero attached hydrogens (tertiary/aromatic N) is 2. The SMILES string of the molecule is Cn1ccc(Nc2ccc(C(=O)NC(C)(C(N)=O)c3cccc(Cl)c3)cc2)n1. The summed E-state index contributed by atoms with van der Waals surface area (Å²) >= 11 is 6.02. The summed E-state index contributed by atoms with van der Waals surface area (Å²) in [7, 11) is 1.83. The molecular formula is C20H20ClN5O2. The molecule has 0 bridgehead atoms. The molecule has 1 heterocycles. The highest BCUT2D eigenvalue weighted by Crippen LogP contribution is 2.24. The van der Waals surface area contributed by atoms with Crippen molar-refractivity contribution in [1.29, 1.82) is 0 Å². The number of benzene rings is 2. The number of aromatic nitrogens is 2. The molecule has 1 aromatic heterocycles. The van der Waals surface area contributed by atoms with Gasteiger partial charge in [0.05, 0.1) is 0 Å². The van der Waals surface area contributed by atoms with Crippen molar-refractivity contribution in [3.8, 4) is 0 Å². The number of carbonyl (C=O) groups is 2. The van der Waals surface area contributed by atoms with Crippen molar-refractivity contribution in [2.24, 2.45) is 12.8 Å². The molecule has 0 saturated heterocycles. The van der Waals surface area contributed by atoms with E-state index in [0.717, 1.165) is 5.69 Å². The standard InChI is InChI=1S/C20H20ClN5O2/c1-20(19(22)28,14-4-3-5-15(21)12-14)24-18(27)13-6-8-16(9-7-13)23-17-10-11-26(2)25-17/h3-12H,1-2H3,(H2,22,28)(H,23,25)(H,24,27). The molecule has 144 valence electrons. The third-order valence-corrected chi connectivity index (χ3v) is 4.63. The number of hydrogen-bond acceptors (Lipinski definition) is 4. The lowest BCUT2D eigenvalue weighted by Crippen LogP contribution is -2.52. The number of amides is 2. The first-order valence-electron chi connectivity index (χ1n) is 8.53. The first-order valence-corrected chi connectivity index (χ1v) is 8.91. The van der Waals surface area contributed by atoms with Crippen LogP contribution in [-0.4, -0.2) is 21.6 Å². The molecule has 3 aromatic rings. The van der Waals surface area contributed by atoms with E-state index < -0.39 is 17.4 Å². The fourth-order valence-electron chi connectivity index (χ4n) is 2.71. The van der Waals surface area contributed by atoms with Crippen LogP contribution in [0, 0.1) is 0 Å². The van der Waals surface area contributed by atoms with Crippen molar-refractivity contribution in [2.75, 3.05) is 5.32 Å². The van der Waals surface area contributed by atoms with E-state index in [-0.39, 0.29) is 0 Å². The average Bonchev–Trinajstić information content (AvgIpc) is 3.06. The van der Waals surface area contributed by atoms with Gasteiger partial charge in [0.15, 0.2) is 5.82 Å². The Morgan fingerprint density at radius 2 is 1.86 bits per heavy atom. The molecule has 3 rings (SSSR count). The molecule has 0 fully saturated rings. The molecule has 4 N–H and O–H groups in total. The van der Waals surface area contributed by atoms with Gasteiger partial charge in [0, 0.05) is 35.6 Å². The van der Waals surface area contributed by atoms with Crippen LogP contribution in [0.1, 0.15) is 22.8 Å². The highest BCUT2D eigenvalue weighted by atomic mass is 35.5.